The van der Waals surface area contributed by atoms with Gasteiger partial charge in [-0.25, -0.2) is 4.98 Å². The lowest BCUT2D eigenvalue weighted by molar-refractivity contribution is 0.0777. The van der Waals surface area contributed by atoms with Crippen LogP contribution in [0, 0.1) is 0 Å². The molecule has 0 aliphatic carbocycles. The molecule has 6 nitrogen and oxygen atoms in total. The van der Waals surface area contributed by atoms with Crippen molar-refractivity contribution in [3.63, 3.8) is 0 Å². The minimum Gasteiger partial charge on any atom is -0.349 e. The number of rotatable bonds is 3. The van der Waals surface area contributed by atoms with Gasteiger partial charge in [0.15, 0.2) is 0 Å². The van der Waals surface area contributed by atoms with Crippen molar-refractivity contribution in [3.05, 3.63) is 54.1 Å². The van der Waals surface area contributed by atoms with E-state index in [0.717, 1.165) is 27.9 Å². The SMILES string of the molecule is CN(Cc1nc2ccccc2[nH]1)C(=O)c1cc2c(ccn2C)[nH]1. The summed E-state index contributed by atoms with van der Waals surface area (Å²) in [5, 5.41) is 0. The van der Waals surface area contributed by atoms with Gasteiger partial charge in [0.25, 0.3) is 5.91 Å². The zero-order chi connectivity index (χ0) is 16.0. The summed E-state index contributed by atoms with van der Waals surface area (Å²) in [6.45, 7) is 0.433. The van der Waals surface area contributed by atoms with Crippen LogP contribution in [0.3, 0.4) is 0 Å². The van der Waals surface area contributed by atoms with E-state index in [0.29, 0.717) is 12.2 Å². The van der Waals surface area contributed by atoms with Crippen molar-refractivity contribution in [2.75, 3.05) is 7.05 Å². The molecular weight excluding hydrogens is 290 g/mol. The van der Waals surface area contributed by atoms with Crippen LogP contribution in [0.5, 0.6) is 0 Å². The third kappa shape index (κ3) is 2.28. The largest absolute Gasteiger partial charge is 0.349 e. The average Bonchev–Trinajstić information content (AvgIpc) is 3.22. The molecule has 3 heterocycles. The predicted molar refractivity (Wildman–Crippen MR) is 89.2 cm³/mol. The molecule has 116 valence electrons. The Morgan fingerprint density at radius 3 is 2.83 bits per heavy atom. The lowest BCUT2D eigenvalue weighted by atomic mass is 10.3. The maximum Gasteiger partial charge on any atom is 0.270 e. The van der Waals surface area contributed by atoms with Crippen LogP contribution < -0.4 is 0 Å². The number of aromatic nitrogens is 4. The molecule has 2 N–H and O–H groups in total. The van der Waals surface area contributed by atoms with Crippen LogP contribution in [0.2, 0.25) is 0 Å². The number of carbonyl (C=O) groups is 1. The molecule has 6 heteroatoms. The number of nitrogens with zero attached hydrogens (tertiary/aromatic N) is 3. The Morgan fingerprint density at radius 1 is 1.22 bits per heavy atom. The smallest absolute Gasteiger partial charge is 0.270 e. The molecule has 0 atom stereocenters. The Morgan fingerprint density at radius 2 is 2.04 bits per heavy atom. The number of imidazole rings is 1. The average molecular weight is 307 g/mol. The van der Waals surface area contributed by atoms with Crippen LogP contribution in [-0.2, 0) is 13.6 Å². The second-order valence-electron chi connectivity index (χ2n) is 5.77. The molecule has 0 aliphatic heterocycles. The van der Waals surface area contributed by atoms with Crippen molar-refractivity contribution in [1.29, 1.82) is 0 Å². The van der Waals surface area contributed by atoms with Crippen molar-refractivity contribution in [2.24, 2.45) is 7.05 Å². The molecule has 1 amide bonds. The topological polar surface area (TPSA) is 69.7 Å². The van der Waals surface area contributed by atoms with E-state index in [1.54, 1.807) is 11.9 Å². The molecular formula is C17H17N5O. The number of nitrogens with one attached hydrogen (secondary N) is 2. The van der Waals surface area contributed by atoms with E-state index in [2.05, 4.69) is 15.0 Å². The van der Waals surface area contributed by atoms with Gasteiger partial charge in [-0.2, -0.15) is 0 Å². The third-order valence-electron chi connectivity index (χ3n) is 4.07. The molecule has 0 fully saturated rings. The highest BCUT2D eigenvalue weighted by molar-refractivity contribution is 5.97. The van der Waals surface area contributed by atoms with Crippen molar-refractivity contribution >= 4 is 28.0 Å². The summed E-state index contributed by atoms with van der Waals surface area (Å²) in [6, 6.07) is 11.7. The van der Waals surface area contributed by atoms with Gasteiger partial charge < -0.3 is 19.4 Å². The molecule has 0 aliphatic rings. The Kier molecular flexibility index (Phi) is 2.97. The van der Waals surface area contributed by atoms with Crippen molar-refractivity contribution < 1.29 is 4.79 Å². The van der Waals surface area contributed by atoms with Crippen LogP contribution in [0.1, 0.15) is 16.3 Å². The number of H-pyrrole nitrogens is 2. The van der Waals surface area contributed by atoms with E-state index < -0.39 is 0 Å². The summed E-state index contributed by atoms with van der Waals surface area (Å²) >= 11 is 0. The van der Waals surface area contributed by atoms with Gasteiger partial charge in [-0.1, -0.05) is 12.1 Å². The first-order valence-electron chi connectivity index (χ1n) is 7.45. The maximum atomic E-state index is 12.6. The van der Waals surface area contributed by atoms with Gasteiger partial charge in [0.1, 0.15) is 11.5 Å². The molecule has 0 saturated carbocycles. The van der Waals surface area contributed by atoms with Gasteiger partial charge in [0.05, 0.1) is 28.6 Å². The van der Waals surface area contributed by atoms with Crippen LogP contribution in [0.15, 0.2) is 42.6 Å². The molecule has 1 aromatic carbocycles. The predicted octanol–water partition coefficient (Wildman–Crippen LogP) is 2.65. The van der Waals surface area contributed by atoms with Crippen LogP contribution >= 0.6 is 0 Å². The minimum absolute atomic E-state index is 0.0540. The van der Waals surface area contributed by atoms with Gasteiger partial charge in [0.2, 0.25) is 0 Å². The van der Waals surface area contributed by atoms with Gasteiger partial charge in [-0.15, -0.1) is 0 Å². The zero-order valence-electron chi connectivity index (χ0n) is 13.0. The first kappa shape index (κ1) is 13.6. The maximum absolute atomic E-state index is 12.6. The fourth-order valence-corrected chi connectivity index (χ4v) is 2.84. The fourth-order valence-electron chi connectivity index (χ4n) is 2.84. The van der Waals surface area contributed by atoms with E-state index in [4.69, 9.17) is 0 Å². The number of hydrogen-bond donors (Lipinski definition) is 2. The summed E-state index contributed by atoms with van der Waals surface area (Å²) in [5.41, 5.74) is 4.46. The molecule has 0 spiro atoms. The number of hydrogen-bond acceptors (Lipinski definition) is 2. The summed E-state index contributed by atoms with van der Waals surface area (Å²) < 4.78 is 1.99. The highest BCUT2D eigenvalue weighted by Gasteiger charge is 2.17. The molecule has 23 heavy (non-hydrogen) atoms. The molecule has 4 aromatic rings. The number of amides is 1. The quantitative estimate of drug-likeness (QED) is 0.611. The summed E-state index contributed by atoms with van der Waals surface area (Å²) in [4.78, 5) is 25.2. The Labute approximate surface area is 132 Å². The van der Waals surface area contributed by atoms with Crippen LogP contribution in [0.25, 0.3) is 22.1 Å². The molecule has 0 radical (unpaired) electrons. The minimum atomic E-state index is -0.0540. The highest BCUT2D eigenvalue weighted by Crippen LogP contribution is 2.17. The molecule has 4 rings (SSSR count). The van der Waals surface area contributed by atoms with Crippen molar-refractivity contribution in [3.8, 4) is 0 Å². The zero-order valence-corrected chi connectivity index (χ0v) is 13.0. The van der Waals surface area contributed by atoms with E-state index >= 15 is 0 Å². The second-order valence-corrected chi connectivity index (χ2v) is 5.77. The lowest BCUT2D eigenvalue weighted by Crippen LogP contribution is -2.27. The normalized spacial score (nSPS) is 11.4. The first-order valence-corrected chi connectivity index (χ1v) is 7.45. The van der Waals surface area contributed by atoms with E-state index in [-0.39, 0.29) is 5.91 Å². The van der Waals surface area contributed by atoms with Gasteiger partial charge in [-0.05, 0) is 24.3 Å². The Hall–Kier alpha value is -3.02. The Balaban J connectivity index is 1.57. The number of benzene rings is 1. The number of carbonyl (C=O) groups excluding carboxylic acids is 1. The van der Waals surface area contributed by atoms with Gasteiger partial charge >= 0.3 is 0 Å². The third-order valence-corrected chi connectivity index (χ3v) is 4.07. The molecule has 3 aromatic heterocycles. The summed E-state index contributed by atoms with van der Waals surface area (Å²) in [6.07, 6.45) is 1.97. The second kappa shape index (κ2) is 5.01. The standard InChI is InChI=1S/C17H17N5O/c1-21-8-7-13-15(21)9-14(18-13)17(23)22(2)10-16-19-11-5-3-4-6-12(11)20-16/h3-9,18H,10H2,1-2H3,(H,19,20). The van der Waals surface area contributed by atoms with Crippen LogP contribution in [-0.4, -0.2) is 37.4 Å². The monoisotopic (exact) mass is 307 g/mol. The van der Waals surface area contributed by atoms with Crippen molar-refractivity contribution in [2.45, 2.75) is 6.54 Å². The van der Waals surface area contributed by atoms with E-state index in [9.17, 15) is 4.79 Å². The number of fused-ring (bicyclic) bond motifs is 2. The number of aryl methyl sites for hydroxylation is 1. The summed E-state index contributed by atoms with van der Waals surface area (Å²) in [5.74, 6) is 0.722. The highest BCUT2D eigenvalue weighted by atomic mass is 16.2. The Bertz CT molecular complexity index is 973. The number of para-hydroxylation sites is 2. The number of aromatic amines is 2. The molecule has 0 saturated heterocycles. The van der Waals surface area contributed by atoms with E-state index in [1.807, 2.05) is 54.2 Å². The van der Waals surface area contributed by atoms with Crippen molar-refractivity contribution in [1.82, 2.24) is 24.4 Å². The van der Waals surface area contributed by atoms with E-state index in [1.165, 1.54) is 0 Å². The first-order chi connectivity index (χ1) is 11.1. The van der Waals surface area contributed by atoms with Gasteiger partial charge in [-0.3, -0.25) is 4.79 Å². The molecule has 0 bridgehead atoms. The van der Waals surface area contributed by atoms with Gasteiger partial charge in [0, 0.05) is 20.3 Å². The molecule has 0 unspecified atom stereocenters. The summed E-state index contributed by atoms with van der Waals surface area (Å²) in [7, 11) is 3.74. The lowest BCUT2D eigenvalue weighted by Gasteiger charge is -2.14. The van der Waals surface area contributed by atoms with Crippen LogP contribution in [0.4, 0.5) is 0 Å². The fraction of sp³-hybridized carbons (Fsp3) is 0.176.